The molecule has 0 saturated heterocycles. The van der Waals surface area contributed by atoms with Gasteiger partial charge in [-0.1, -0.05) is 23.7 Å². The normalized spacial score (nSPS) is 16.3. The molecule has 5 heteroatoms. The van der Waals surface area contributed by atoms with Gasteiger partial charge < -0.3 is 10.4 Å². The molecule has 19 heavy (non-hydrogen) atoms. The molecule has 0 aliphatic heterocycles. The van der Waals surface area contributed by atoms with E-state index in [0.717, 1.165) is 5.56 Å². The van der Waals surface area contributed by atoms with Crippen LogP contribution in [0, 0.1) is 5.41 Å². The first-order chi connectivity index (χ1) is 9.02. The van der Waals surface area contributed by atoms with Crippen molar-refractivity contribution < 1.29 is 14.7 Å². The van der Waals surface area contributed by atoms with Crippen molar-refractivity contribution in [2.75, 3.05) is 6.54 Å². The molecular weight excluding hydrogens is 266 g/mol. The Bertz CT molecular complexity index is 518. The molecule has 0 bridgehead atoms. The Morgan fingerprint density at radius 2 is 1.95 bits per heavy atom. The predicted octanol–water partition coefficient (Wildman–Crippen LogP) is 2.33. The van der Waals surface area contributed by atoms with Crippen LogP contribution in [0.4, 0.5) is 0 Å². The minimum absolute atomic E-state index is 0.187. The largest absolute Gasteiger partial charge is 0.481 e. The molecule has 0 spiro atoms. The molecule has 1 saturated carbocycles. The van der Waals surface area contributed by atoms with E-state index in [1.165, 1.54) is 6.08 Å². The monoisotopic (exact) mass is 279 g/mol. The summed E-state index contributed by atoms with van der Waals surface area (Å²) in [5.41, 5.74) is 0.128. The Morgan fingerprint density at radius 3 is 2.47 bits per heavy atom. The zero-order chi connectivity index (χ0) is 13.9. The Kier molecular flexibility index (Phi) is 3.90. The first-order valence-corrected chi connectivity index (χ1v) is 6.35. The molecule has 1 aromatic rings. The van der Waals surface area contributed by atoms with E-state index in [2.05, 4.69) is 5.32 Å². The quantitative estimate of drug-likeness (QED) is 0.813. The van der Waals surface area contributed by atoms with E-state index >= 15 is 0 Å². The van der Waals surface area contributed by atoms with Gasteiger partial charge in [0.25, 0.3) is 0 Å². The number of nitrogens with one attached hydrogen (secondary N) is 1. The predicted molar refractivity (Wildman–Crippen MR) is 72.8 cm³/mol. The summed E-state index contributed by atoms with van der Waals surface area (Å²) < 4.78 is 0. The number of carboxylic acid groups (broad SMARTS) is 1. The summed E-state index contributed by atoms with van der Waals surface area (Å²) in [6.07, 6.45) is 4.31. The van der Waals surface area contributed by atoms with Gasteiger partial charge in [0, 0.05) is 17.6 Å². The van der Waals surface area contributed by atoms with Crippen molar-refractivity contribution in [1.29, 1.82) is 0 Å². The second-order valence-electron chi connectivity index (χ2n) is 4.69. The van der Waals surface area contributed by atoms with Crippen molar-refractivity contribution in [2.24, 2.45) is 5.41 Å². The number of halogens is 1. The SMILES string of the molecule is O=C(/C=C/c1ccc(Cl)cc1)NCC1(C(=O)O)CC1. The summed E-state index contributed by atoms with van der Waals surface area (Å²) in [5, 5.41) is 12.2. The Labute approximate surface area is 116 Å². The first kappa shape index (κ1) is 13.6. The molecule has 1 fully saturated rings. The van der Waals surface area contributed by atoms with Gasteiger partial charge in [0.05, 0.1) is 5.41 Å². The van der Waals surface area contributed by atoms with Crippen LogP contribution in [0.2, 0.25) is 5.02 Å². The van der Waals surface area contributed by atoms with Crippen LogP contribution < -0.4 is 5.32 Å². The van der Waals surface area contributed by atoms with Crippen molar-refractivity contribution in [2.45, 2.75) is 12.8 Å². The maximum atomic E-state index is 11.6. The third kappa shape index (κ3) is 3.58. The average Bonchev–Trinajstić information content (AvgIpc) is 3.17. The fourth-order valence-corrected chi connectivity index (χ4v) is 1.80. The van der Waals surface area contributed by atoms with Gasteiger partial charge in [0.15, 0.2) is 0 Å². The summed E-state index contributed by atoms with van der Waals surface area (Å²) in [6.45, 7) is 0.187. The first-order valence-electron chi connectivity index (χ1n) is 5.97. The maximum Gasteiger partial charge on any atom is 0.311 e. The van der Waals surface area contributed by atoms with Crippen LogP contribution in [0.3, 0.4) is 0 Å². The highest BCUT2D eigenvalue weighted by Gasteiger charge is 2.50. The average molecular weight is 280 g/mol. The van der Waals surface area contributed by atoms with E-state index in [4.69, 9.17) is 16.7 Å². The topological polar surface area (TPSA) is 66.4 Å². The summed E-state index contributed by atoms with van der Waals surface area (Å²) in [4.78, 5) is 22.5. The molecule has 4 nitrogen and oxygen atoms in total. The van der Waals surface area contributed by atoms with Crippen LogP contribution >= 0.6 is 11.6 Å². The summed E-state index contributed by atoms with van der Waals surface area (Å²) in [7, 11) is 0. The Morgan fingerprint density at radius 1 is 1.32 bits per heavy atom. The number of hydrogen-bond donors (Lipinski definition) is 2. The molecule has 0 atom stereocenters. The van der Waals surface area contributed by atoms with Crippen LogP contribution in [0.25, 0.3) is 6.08 Å². The van der Waals surface area contributed by atoms with E-state index < -0.39 is 11.4 Å². The molecule has 2 rings (SSSR count). The van der Waals surface area contributed by atoms with Gasteiger partial charge in [-0.3, -0.25) is 9.59 Å². The van der Waals surface area contributed by atoms with Gasteiger partial charge in [-0.2, -0.15) is 0 Å². The van der Waals surface area contributed by atoms with Crippen molar-refractivity contribution in [3.8, 4) is 0 Å². The molecule has 0 aromatic heterocycles. The van der Waals surface area contributed by atoms with Gasteiger partial charge in [0.1, 0.15) is 0 Å². The fourth-order valence-electron chi connectivity index (χ4n) is 1.68. The molecule has 2 N–H and O–H groups in total. The lowest BCUT2D eigenvalue weighted by Crippen LogP contribution is -2.33. The zero-order valence-corrected chi connectivity index (χ0v) is 11.0. The fraction of sp³-hybridized carbons (Fsp3) is 0.286. The number of amides is 1. The summed E-state index contributed by atoms with van der Waals surface area (Å²) >= 11 is 5.75. The van der Waals surface area contributed by atoms with E-state index in [1.807, 2.05) is 0 Å². The van der Waals surface area contributed by atoms with E-state index in [0.29, 0.717) is 17.9 Å². The number of rotatable bonds is 5. The zero-order valence-electron chi connectivity index (χ0n) is 10.2. The molecule has 1 amide bonds. The summed E-state index contributed by atoms with van der Waals surface area (Å²) in [5.74, 6) is -1.13. The van der Waals surface area contributed by atoms with Gasteiger partial charge in [-0.25, -0.2) is 0 Å². The van der Waals surface area contributed by atoms with E-state index in [1.54, 1.807) is 30.3 Å². The minimum atomic E-state index is -0.838. The second kappa shape index (κ2) is 5.45. The van der Waals surface area contributed by atoms with Crippen LogP contribution in [-0.2, 0) is 9.59 Å². The highest BCUT2D eigenvalue weighted by atomic mass is 35.5. The number of carbonyl (C=O) groups is 2. The highest BCUT2D eigenvalue weighted by molar-refractivity contribution is 6.30. The lowest BCUT2D eigenvalue weighted by molar-refractivity contribution is -0.143. The number of carbonyl (C=O) groups excluding carboxylic acids is 1. The molecule has 100 valence electrons. The molecule has 1 aliphatic carbocycles. The molecule has 0 heterocycles. The van der Waals surface area contributed by atoms with Crippen LogP contribution in [0.5, 0.6) is 0 Å². The minimum Gasteiger partial charge on any atom is -0.481 e. The lowest BCUT2D eigenvalue weighted by Gasteiger charge is -2.09. The Hall–Kier alpha value is -1.81. The number of hydrogen-bond acceptors (Lipinski definition) is 2. The van der Waals surface area contributed by atoms with Crippen LogP contribution in [0.1, 0.15) is 18.4 Å². The molecule has 0 unspecified atom stereocenters. The maximum absolute atomic E-state index is 11.6. The van der Waals surface area contributed by atoms with E-state index in [-0.39, 0.29) is 12.5 Å². The van der Waals surface area contributed by atoms with Gasteiger partial charge in [0.2, 0.25) is 5.91 Å². The third-order valence-corrected chi connectivity index (χ3v) is 3.46. The lowest BCUT2D eigenvalue weighted by atomic mass is 10.1. The molecule has 1 aromatic carbocycles. The number of aliphatic carboxylic acids is 1. The van der Waals surface area contributed by atoms with Crippen LogP contribution in [0.15, 0.2) is 30.3 Å². The van der Waals surface area contributed by atoms with Gasteiger partial charge in [-0.05, 0) is 36.6 Å². The second-order valence-corrected chi connectivity index (χ2v) is 5.12. The van der Waals surface area contributed by atoms with Crippen molar-refractivity contribution in [3.63, 3.8) is 0 Å². The highest BCUT2D eigenvalue weighted by Crippen LogP contribution is 2.45. The molecule has 1 aliphatic rings. The number of benzene rings is 1. The van der Waals surface area contributed by atoms with E-state index in [9.17, 15) is 9.59 Å². The van der Waals surface area contributed by atoms with Crippen molar-refractivity contribution in [1.82, 2.24) is 5.32 Å². The molecule has 0 radical (unpaired) electrons. The standard InChI is InChI=1S/C14H14ClNO3/c15-11-4-1-10(2-5-11)3-6-12(17)16-9-14(7-8-14)13(18)19/h1-6H,7-9H2,(H,16,17)(H,18,19)/b6-3+. The smallest absolute Gasteiger partial charge is 0.311 e. The number of carboxylic acids is 1. The van der Waals surface area contributed by atoms with Gasteiger partial charge in [-0.15, -0.1) is 0 Å². The van der Waals surface area contributed by atoms with Gasteiger partial charge >= 0.3 is 5.97 Å². The van der Waals surface area contributed by atoms with Crippen molar-refractivity contribution in [3.05, 3.63) is 40.9 Å². The van der Waals surface area contributed by atoms with Crippen LogP contribution in [-0.4, -0.2) is 23.5 Å². The summed E-state index contributed by atoms with van der Waals surface area (Å²) in [6, 6.07) is 7.07. The van der Waals surface area contributed by atoms with Crippen molar-refractivity contribution >= 4 is 29.6 Å². The Balaban J connectivity index is 1.84. The molecular formula is C14H14ClNO3. The third-order valence-electron chi connectivity index (χ3n) is 3.21.